The van der Waals surface area contributed by atoms with E-state index in [4.69, 9.17) is 10.2 Å². The summed E-state index contributed by atoms with van der Waals surface area (Å²) in [5, 5.41) is 37.0. The molecule has 0 unspecified atom stereocenters. The van der Waals surface area contributed by atoms with Crippen LogP contribution in [0.3, 0.4) is 0 Å². The summed E-state index contributed by atoms with van der Waals surface area (Å²) < 4.78 is 13.0. The number of nitrogens with one attached hydrogen (secondary N) is 3. The van der Waals surface area contributed by atoms with Crippen LogP contribution in [0.5, 0.6) is 0 Å². The van der Waals surface area contributed by atoms with E-state index in [-0.39, 0.29) is 18.7 Å². The molecule has 11 nitrogen and oxygen atoms in total. The molecule has 6 N–H and O–H groups in total. The molecule has 0 radical (unpaired) electrons. The molecule has 0 fully saturated rings. The number of hydrogen-bond donors (Lipinski definition) is 6. The van der Waals surface area contributed by atoms with E-state index in [1.807, 2.05) is 5.38 Å². The van der Waals surface area contributed by atoms with Gasteiger partial charge in [0.2, 0.25) is 0 Å². The van der Waals surface area contributed by atoms with Crippen molar-refractivity contribution in [1.82, 2.24) is 15.6 Å². The van der Waals surface area contributed by atoms with E-state index in [2.05, 4.69) is 20.9 Å². The van der Waals surface area contributed by atoms with Crippen molar-refractivity contribution in [2.24, 2.45) is 0 Å². The van der Waals surface area contributed by atoms with E-state index in [9.17, 15) is 28.7 Å². The Morgan fingerprint density at radius 3 is 2.15 bits per heavy atom. The Morgan fingerprint density at radius 1 is 0.941 bits per heavy atom. The first kappa shape index (κ1) is 26.5. The molecule has 13 heteroatoms. The highest BCUT2D eigenvalue weighted by Gasteiger charge is 2.24. The number of nitrogens with zero attached hydrogens (tertiary/aromatic N) is 1. The Hall–Kier alpha value is -3.74. The third-order valence-corrected chi connectivity index (χ3v) is 5.49. The third-order valence-electron chi connectivity index (χ3n) is 4.69. The number of carbonyl (C=O) groups excluding carboxylic acids is 1. The van der Waals surface area contributed by atoms with E-state index >= 15 is 0 Å². The van der Waals surface area contributed by atoms with Crippen LogP contribution in [0.15, 0.2) is 29.6 Å². The molecular formula is C21H25FN4O7S. The lowest BCUT2D eigenvalue weighted by Crippen LogP contribution is -2.51. The summed E-state index contributed by atoms with van der Waals surface area (Å²) in [7, 11) is 0. The van der Waals surface area contributed by atoms with Crippen molar-refractivity contribution in [3.8, 4) is 11.3 Å². The van der Waals surface area contributed by atoms with Gasteiger partial charge >= 0.3 is 23.9 Å². The van der Waals surface area contributed by atoms with E-state index in [0.29, 0.717) is 30.2 Å². The van der Waals surface area contributed by atoms with Gasteiger partial charge in [-0.2, -0.15) is 0 Å². The van der Waals surface area contributed by atoms with Gasteiger partial charge in [-0.1, -0.05) is 0 Å². The molecule has 184 valence electrons. The number of amides is 2. The molecule has 0 aliphatic heterocycles. The molecular weight excluding hydrogens is 471 g/mol. The second-order valence-electron chi connectivity index (χ2n) is 7.30. The second-order valence-corrected chi connectivity index (χ2v) is 8.16. The van der Waals surface area contributed by atoms with Gasteiger partial charge in [0.25, 0.3) is 0 Å². The van der Waals surface area contributed by atoms with Crippen molar-refractivity contribution in [1.29, 1.82) is 0 Å². The van der Waals surface area contributed by atoms with Crippen LogP contribution in [-0.2, 0) is 14.4 Å². The maximum atomic E-state index is 13.0. The minimum absolute atomic E-state index is 0.107. The van der Waals surface area contributed by atoms with Crippen molar-refractivity contribution in [2.75, 3.05) is 11.9 Å². The summed E-state index contributed by atoms with van der Waals surface area (Å²) in [5.74, 6) is -4.23. The highest BCUT2D eigenvalue weighted by Crippen LogP contribution is 2.25. The predicted octanol–water partition coefficient (Wildman–Crippen LogP) is 2.60. The Balaban J connectivity index is 1.74. The van der Waals surface area contributed by atoms with Gasteiger partial charge in [-0.15, -0.1) is 11.3 Å². The molecule has 2 aromatic rings. The van der Waals surface area contributed by atoms with E-state index in [0.717, 1.165) is 5.56 Å². The number of carbonyl (C=O) groups is 4. The van der Waals surface area contributed by atoms with Gasteiger partial charge in [-0.05, 0) is 49.9 Å². The molecule has 0 saturated heterocycles. The molecule has 0 aliphatic rings. The van der Waals surface area contributed by atoms with Crippen molar-refractivity contribution < 1.29 is 38.9 Å². The van der Waals surface area contributed by atoms with Gasteiger partial charge in [0.15, 0.2) is 5.13 Å². The molecule has 2 amide bonds. The predicted molar refractivity (Wildman–Crippen MR) is 121 cm³/mol. The number of halogens is 1. The second kappa shape index (κ2) is 13.1. The van der Waals surface area contributed by atoms with Crippen molar-refractivity contribution >= 4 is 40.4 Å². The largest absolute Gasteiger partial charge is 0.481 e. The SMILES string of the molecule is O=C(O)CC[C@H](NC(=O)N[C@@H](CCCCNc1nc(-c2ccc(F)cc2)cs1)C(=O)O)C(=O)O. The first-order valence-corrected chi connectivity index (χ1v) is 11.2. The number of benzene rings is 1. The Bertz CT molecular complexity index is 999. The summed E-state index contributed by atoms with van der Waals surface area (Å²) in [6.07, 6.45) is 0.338. The molecule has 1 aromatic carbocycles. The first-order valence-electron chi connectivity index (χ1n) is 10.4. The number of anilines is 1. The first-order chi connectivity index (χ1) is 16.2. The van der Waals surface area contributed by atoms with E-state index in [1.165, 1.54) is 23.5 Å². The lowest BCUT2D eigenvalue weighted by atomic mass is 10.1. The van der Waals surface area contributed by atoms with Crippen LogP contribution in [-0.4, -0.2) is 62.9 Å². The summed E-state index contributed by atoms with van der Waals surface area (Å²) in [5.41, 5.74) is 1.49. The fraction of sp³-hybridized carbons (Fsp3) is 0.381. The average Bonchev–Trinajstić information content (AvgIpc) is 3.24. The average molecular weight is 497 g/mol. The molecule has 0 aliphatic carbocycles. The normalized spacial score (nSPS) is 12.4. The number of unbranched alkanes of at least 4 members (excludes halogenated alkanes) is 1. The third kappa shape index (κ3) is 9.02. The monoisotopic (exact) mass is 496 g/mol. The highest BCUT2D eigenvalue weighted by molar-refractivity contribution is 7.14. The Labute approximate surface area is 198 Å². The fourth-order valence-electron chi connectivity index (χ4n) is 2.92. The maximum absolute atomic E-state index is 13.0. The number of thiazole rings is 1. The number of urea groups is 1. The van der Waals surface area contributed by atoms with Gasteiger partial charge in [0.05, 0.1) is 5.69 Å². The molecule has 34 heavy (non-hydrogen) atoms. The molecule has 1 heterocycles. The van der Waals surface area contributed by atoms with Crippen LogP contribution in [0.1, 0.15) is 32.1 Å². The number of carboxylic acids is 3. The van der Waals surface area contributed by atoms with Crippen LogP contribution >= 0.6 is 11.3 Å². The van der Waals surface area contributed by atoms with Gasteiger partial charge in [0, 0.05) is 23.9 Å². The van der Waals surface area contributed by atoms with Gasteiger partial charge in [-0.25, -0.2) is 23.8 Å². The minimum atomic E-state index is -1.45. The van der Waals surface area contributed by atoms with Gasteiger partial charge in [-0.3, -0.25) is 4.79 Å². The highest BCUT2D eigenvalue weighted by atomic mass is 32.1. The molecule has 1 aromatic heterocycles. The Kier molecular flexibility index (Phi) is 10.2. The lowest BCUT2D eigenvalue weighted by molar-refractivity contribution is -0.140. The summed E-state index contributed by atoms with van der Waals surface area (Å²) in [6.45, 7) is 0.505. The topological polar surface area (TPSA) is 178 Å². The summed E-state index contributed by atoms with van der Waals surface area (Å²) >= 11 is 1.38. The van der Waals surface area contributed by atoms with Crippen LogP contribution in [0.25, 0.3) is 11.3 Å². The molecule has 0 saturated carbocycles. The van der Waals surface area contributed by atoms with Crippen LogP contribution < -0.4 is 16.0 Å². The molecule has 2 atom stereocenters. The minimum Gasteiger partial charge on any atom is -0.481 e. The Morgan fingerprint density at radius 2 is 1.56 bits per heavy atom. The standard InChI is InChI=1S/C21H25FN4O7S/c22-13-6-4-12(5-7-13)16-11-34-21(26-16)23-10-2-1-3-14(18(29)30)24-20(33)25-15(19(31)32)8-9-17(27)28/h4-7,11,14-15H,1-3,8-10H2,(H,23,26)(H,27,28)(H,29,30)(H,31,32)(H2,24,25,33)/t14-,15-/m0/s1. The van der Waals surface area contributed by atoms with Crippen LogP contribution in [0.4, 0.5) is 14.3 Å². The van der Waals surface area contributed by atoms with Crippen LogP contribution in [0.2, 0.25) is 0 Å². The number of rotatable bonds is 14. The molecule has 0 bridgehead atoms. The smallest absolute Gasteiger partial charge is 0.326 e. The number of aliphatic carboxylic acids is 3. The van der Waals surface area contributed by atoms with Crippen molar-refractivity contribution in [3.63, 3.8) is 0 Å². The molecule has 0 spiro atoms. The summed E-state index contributed by atoms with van der Waals surface area (Å²) in [4.78, 5) is 49.6. The van der Waals surface area contributed by atoms with E-state index < -0.39 is 42.4 Å². The maximum Gasteiger partial charge on any atom is 0.326 e. The zero-order valence-electron chi connectivity index (χ0n) is 18.0. The van der Waals surface area contributed by atoms with Crippen molar-refractivity contribution in [3.05, 3.63) is 35.5 Å². The van der Waals surface area contributed by atoms with Crippen molar-refractivity contribution in [2.45, 2.75) is 44.2 Å². The van der Waals surface area contributed by atoms with Gasteiger partial charge in [0.1, 0.15) is 17.9 Å². The zero-order chi connectivity index (χ0) is 25.1. The van der Waals surface area contributed by atoms with Gasteiger partial charge < -0.3 is 31.3 Å². The summed E-state index contributed by atoms with van der Waals surface area (Å²) in [6, 6.07) is 2.29. The molecule has 2 rings (SSSR count). The lowest BCUT2D eigenvalue weighted by Gasteiger charge is -2.18. The van der Waals surface area contributed by atoms with E-state index in [1.54, 1.807) is 12.1 Å². The number of aromatic nitrogens is 1. The quantitative estimate of drug-likeness (QED) is 0.214. The van der Waals surface area contributed by atoms with Crippen LogP contribution in [0, 0.1) is 5.82 Å². The number of hydrogen-bond acceptors (Lipinski definition) is 7. The fourth-order valence-corrected chi connectivity index (χ4v) is 3.67. The zero-order valence-corrected chi connectivity index (χ0v) is 18.8. The number of carboxylic acid groups (broad SMARTS) is 3.